The summed E-state index contributed by atoms with van der Waals surface area (Å²) in [5.74, 6) is 1.79. The predicted octanol–water partition coefficient (Wildman–Crippen LogP) is 2.67. The van der Waals surface area contributed by atoms with E-state index in [4.69, 9.17) is 8.94 Å². The Labute approximate surface area is 162 Å². The highest BCUT2D eigenvalue weighted by Crippen LogP contribution is 2.22. The van der Waals surface area contributed by atoms with Crippen molar-refractivity contribution in [3.63, 3.8) is 0 Å². The first-order chi connectivity index (χ1) is 13.4. The molecule has 0 aliphatic carbocycles. The summed E-state index contributed by atoms with van der Waals surface area (Å²) in [6.45, 7) is 4.37. The van der Waals surface area contributed by atoms with Crippen LogP contribution in [-0.4, -0.2) is 47.0 Å². The zero-order chi connectivity index (χ0) is 20.1. The van der Waals surface area contributed by atoms with Gasteiger partial charge in [-0.2, -0.15) is 4.98 Å². The predicted molar refractivity (Wildman–Crippen MR) is 103 cm³/mol. The lowest BCUT2D eigenvalue weighted by atomic mass is 10.2. The van der Waals surface area contributed by atoms with Crippen LogP contribution in [0.15, 0.2) is 33.2 Å². The number of carbonyl (C=O) groups is 1. The monoisotopic (exact) mass is 385 g/mol. The number of anilines is 2. The molecular formula is C18H23N7O3. The molecule has 0 fully saturated rings. The van der Waals surface area contributed by atoms with Gasteiger partial charge in [-0.3, -0.25) is 0 Å². The number of hydrogen-bond donors (Lipinski definition) is 2. The Balaban J connectivity index is 1.48. The largest absolute Gasteiger partial charge is 0.403 e. The molecule has 2 N–H and O–H groups in total. The minimum absolute atomic E-state index is 0.207. The first-order valence-corrected chi connectivity index (χ1v) is 8.91. The molecule has 10 heteroatoms. The third kappa shape index (κ3) is 4.84. The number of urea groups is 1. The van der Waals surface area contributed by atoms with Gasteiger partial charge >= 0.3 is 12.0 Å². The molecule has 0 bridgehead atoms. The van der Waals surface area contributed by atoms with E-state index in [9.17, 15) is 4.79 Å². The zero-order valence-electron chi connectivity index (χ0n) is 16.3. The van der Waals surface area contributed by atoms with Gasteiger partial charge in [-0.15, -0.1) is 5.10 Å². The lowest BCUT2D eigenvalue weighted by Crippen LogP contribution is -2.30. The molecule has 0 aliphatic heterocycles. The highest BCUT2D eigenvalue weighted by molar-refractivity contribution is 5.89. The quantitative estimate of drug-likeness (QED) is 0.636. The van der Waals surface area contributed by atoms with Crippen molar-refractivity contribution in [3.05, 3.63) is 36.0 Å². The van der Waals surface area contributed by atoms with E-state index in [2.05, 4.69) is 31.0 Å². The summed E-state index contributed by atoms with van der Waals surface area (Å²) >= 11 is 0. The molecule has 2 heterocycles. The first-order valence-electron chi connectivity index (χ1n) is 8.91. The van der Waals surface area contributed by atoms with Crippen molar-refractivity contribution in [3.8, 4) is 11.5 Å². The van der Waals surface area contributed by atoms with E-state index in [0.29, 0.717) is 42.3 Å². The van der Waals surface area contributed by atoms with Crippen molar-refractivity contribution in [2.45, 2.75) is 26.2 Å². The van der Waals surface area contributed by atoms with Crippen LogP contribution in [0.5, 0.6) is 0 Å². The van der Waals surface area contributed by atoms with Crippen LogP contribution in [0.2, 0.25) is 0 Å². The van der Waals surface area contributed by atoms with Crippen LogP contribution in [-0.2, 0) is 6.42 Å². The van der Waals surface area contributed by atoms with Crippen LogP contribution in [0.1, 0.15) is 31.5 Å². The minimum atomic E-state index is -0.316. The number of nitrogens with zero attached hydrogens (tertiary/aromatic N) is 5. The summed E-state index contributed by atoms with van der Waals surface area (Å²) in [4.78, 5) is 18.0. The van der Waals surface area contributed by atoms with E-state index in [1.807, 2.05) is 27.9 Å². The standard InChI is InChI=1S/C18H23N7O3/c1-11(2)15-21-14(28-24-15)9-10-19-17(26)20-13-7-5-12(6-8-13)16-22-23-18(27-16)25(3)4/h5-8,11H,9-10H2,1-4H3,(H2,19,20,26). The molecule has 148 valence electrons. The number of rotatable bonds is 7. The first kappa shape index (κ1) is 19.3. The van der Waals surface area contributed by atoms with Crippen molar-refractivity contribution >= 4 is 17.7 Å². The van der Waals surface area contributed by atoms with Gasteiger partial charge in [0.1, 0.15) is 0 Å². The van der Waals surface area contributed by atoms with Gasteiger partial charge in [0.2, 0.25) is 11.8 Å². The van der Waals surface area contributed by atoms with Crippen LogP contribution >= 0.6 is 0 Å². The number of benzene rings is 1. The average Bonchev–Trinajstić information content (AvgIpc) is 3.32. The molecule has 3 rings (SSSR count). The number of nitrogens with one attached hydrogen (secondary N) is 2. The molecule has 0 unspecified atom stereocenters. The molecule has 1 aromatic carbocycles. The normalized spacial score (nSPS) is 10.9. The Kier molecular flexibility index (Phi) is 5.87. The van der Waals surface area contributed by atoms with Crippen molar-refractivity contribution in [2.24, 2.45) is 0 Å². The second kappa shape index (κ2) is 8.51. The van der Waals surface area contributed by atoms with Crippen LogP contribution in [0, 0.1) is 0 Å². The van der Waals surface area contributed by atoms with E-state index in [-0.39, 0.29) is 11.9 Å². The SMILES string of the molecule is CC(C)c1noc(CCNC(=O)Nc2ccc(-c3nnc(N(C)C)o3)cc2)n1. The maximum Gasteiger partial charge on any atom is 0.319 e. The molecule has 0 saturated heterocycles. The van der Waals surface area contributed by atoms with Gasteiger partial charge in [0.05, 0.1) is 0 Å². The second-order valence-electron chi connectivity index (χ2n) is 6.69. The highest BCUT2D eigenvalue weighted by Gasteiger charge is 2.11. The van der Waals surface area contributed by atoms with Crippen molar-refractivity contribution in [2.75, 3.05) is 30.9 Å². The highest BCUT2D eigenvalue weighted by atomic mass is 16.5. The van der Waals surface area contributed by atoms with Crippen LogP contribution < -0.4 is 15.5 Å². The lowest BCUT2D eigenvalue weighted by molar-refractivity contribution is 0.252. The Morgan fingerprint density at radius 2 is 1.93 bits per heavy atom. The number of aromatic nitrogens is 4. The van der Waals surface area contributed by atoms with E-state index in [0.717, 1.165) is 5.56 Å². The topological polar surface area (TPSA) is 122 Å². The molecule has 2 aromatic heterocycles. The molecule has 0 atom stereocenters. The average molecular weight is 385 g/mol. The molecule has 28 heavy (non-hydrogen) atoms. The fourth-order valence-corrected chi connectivity index (χ4v) is 2.27. The van der Waals surface area contributed by atoms with Crippen molar-refractivity contribution in [1.82, 2.24) is 25.7 Å². The van der Waals surface area contributed by atoms with Gasteiger partial charge in [-0.05, 0) is 24.3 Å². The third-order valence-electron chi connectivity index (χ3n) is 3.81. The molecule has 0 radical (unpaired) electrons. The summed E-state index contributed by atoms with van der Waals surface area (Å²) in [6, 6.07) is 7.24. The number of amides is 2. The smallest absolute Gasteiger partial charge is 0.319 e. The summed E-state index contributed by atoms with van der Waals surface area (Å²) < 4.78 is 10.7. The third-order valence-corrected chi connectivity index (χ3v) is 3.81. The summed E-state index contributed by atoms with van der Waals surface area (Å²) in [5.41, 5.74) is 1.41. The fraction of sp³-hybridized carbons (Fsp3) is 0.389. The Bertz CT molecular complexity index is 915. The van der Waals surface area contributed by atoms with Gasteiger partial charge in [0, 0.05) is 44.2 Å². The molecule has 0 saturated carbocycles. The maximum absolute atomic E-state index is 12.0. The summed E-state index contributed by atoms with van der Waals surface area (Å²) in [5, 5.41) is 17.4. The molecule has 0 spiro atoms. The van der Waals surface area contributed by atoms with E-state index in [1.165, 1.54) is 0 Å². The van der Waals surface area contributed by atoms with Gasteiger partial charge in [-0.25, -0.2) is 4.79 Å². The van der Waals surface area contributed by atoms with E-state index < -0.39 is 0 Å². The zero-order valence-corrected chi connectivity index (χ0v) is 16.3. The van der Waals surface area contributed by atoms with E-state index >= 15 is 0 Å². The molecule has 0 aliphatic rings. The molecular weight excluding hydrogens is 362 g/mol. The van der Waals surface area contributed by atoms with Crippen molar-refractivity contribution in [1.29, 1.82) is 0 Å². The van der Waals surface area contributed by atoms with E-state index in [1.54, 1.807) is 29.2 Å². The van der Waals surface area contributed by atoms with Gasteiger partial charge in [-0.1, -0.05) is 24.1 Å². The summed E-state index contributed by atoms with van der Waals surface area (Å²) in [7, 11) is 3.65. The molecule has 3 aromatic rings. The van der Waals surface area contributed by atoms with Gasteiger partial charge in [0.15, 0.2) is 5.82 Å². The molecule has 10 nitrogen and oxygen atoms in total. The second-order valence-corrected chi connectivity index (χ2v) is 6.69. The Hall–Kier alpha value is -3.43. The number of carbonyl (C=O) groups excluding carboxylic acids is 1. The summed E-state index contributed by atoms with van der Waals surface area (Å²) in [6.07, 6.45) is 0.470. The van der Waals surface area contributed by atoms with Crippen LogP contribution in [0.3, 0.4) is 0 Å². The van der Waals surface area contributed by atoms with Crippen LogP contribution in [0.4, 0.5) is 16.5 Å². The van der Waals surface area contributed by atoms with Gasteiger partial charge < -0.3 is 24.5 Å². The molecule has 2 amide bonds. The minimum Gasteiger partial charge on any atom is -0.403 e. The maximum atomic E-state index is 12.0. The number of hydrogen-bond acceptors (Lipinski definition) is 8. The van der Waals surface area contributed by atoms with Gasteiger partial charge in [0.25, 0.3) is 0 Å². The lowest BCUT2D eigenvalue weighted by Gasteiger charge is -2.07. The van der Waals surface area contributed by atoms with Crippen molar-refractivity contribution < 1.29 is 13.7 Å². The Morgan fingerprint density at radius 1 is 1.18 bits per heavy atom. The Morgan fingerprint density at radius 3 is 2.54 bits per heavy atom. The fourth-order valence-electron chi connectivity index (χ4n) is 2.27. The van der Waals surface area contributed by atoms with Crippen LogP contribution in [0.25, 0.3) is 11.5 Å².